The number of benzene rings is 2. The molecule has 0 unspecified atom stereocenters. The average Bonchev–Trinajstić information content (AvgIpc) is 3.19. The number of carbonyl (C=O) groups excluding carboxylic acids is 1. The van der Waals surface area contributed by atoms with Crippen molar-refractivity contribution in [1.29, 1.82) is 0 Å². The highest BCUT2D eigenvalue weighted by atomic mass is 16.1. The molecule has 2 aliphatic rings. The maximum Gasteiger partial charge on any atom is 0.230 e. The van der Waals surface area contributed by atoms with Gasteiger partial charge < -0.3 is 16.0 Å². The van der Waals surface area contributed by atoms with Gasteiger partial charge in [0.2, 0.25) is 5.91 Å². The first-order valence-electron chi connectivity index (χ1n) is 10.8. The van der Waals surface area contributed by atoms with Gasteiger partial charge in [-0.05, 0) is 36.5 Å². The van der Waals surface area contributed by atoms with E-state index in [1.54, 1.807) is 0 Å². The van der Waals surface area contributed by atoms with Crippen molar-refractivity contribution in [3.8, 4) is 11.1 Å². The van der Waals surface area contributed by atoms with Gasteiger partial charge in [-0.2, -0.15) is 0 Å². The monoisotopic (exact) mass is 413 g/mol. The van der Waals surface area contributed by atoms with E-state index in [1.807, 2.05) is 0 Å². The van der Waals surface area contributed by atoms with Gasteiger partial charge in [-0.3, -0.25) is 4.79 Å². The van der Waals surface area contributed by atoms with Gasteiger partial charge in [0, 0.05) is 30.6 Å². The maximum atomic E-state index is 11.8. The highest BCUT2D eigenvalue weighted by Gasteiger charge is 2.37. The summed E-state index contributed by atoms with van der Waals surface area (Å²) in [6.07, 6.45) is 3.78. The number of anilines is 2. The van der Waals surface area contributed by atoms with Crippen molar-refractivity contribution >= 4 is 17.5 Å². The zero-order chi connectivity index (χ0) is 21.4. The van der Waals surface area contributed by atoms with E-state index in [0.717, 1.165) is 37.3 Å². The van der Waals surface area contributed by atoms with Crippen LogP contribution in [0.3, 0.4) is 0 Å². The van der Waals surface area contributed by atoms with Crippen LogP contribution in [0.25, 0.3) is 11.1 Å². The molecule has 0 radical (unpaired) electrons. The largest absolute Gasteiger partial charge is 0.356 e. The lowest BCUT2D eigenvalue weighted by molar-refractivity contribution is -0.115. The fourth-order valence-electron chi connectivity index (χ4n) is 4.89. The van der Waals surface area contributed by atoms with Gasteiger partial charge in [0.05, 0.1) is 6.42 Å². The predicted molar refractivity (Wildman–Crippen MR) is 123 cm³/mol. The maximum absolute atomic E-state index is 11.8. The second-order valence-electron chi connectivity index (χ2n) is 8.67. The minimum absolute atomic E-state index is 0.0157. The standard InChI is InChI=1S/C25H27N5O/c1-17-4-2-5-18(12-17)19-6-3-7-20(13-19)25(15-26)8-10-30(11-9-25)24-21-14-22(31)29-23(21)27-16-28-24/h2-7,12-13,16H,8-11,14-15,26H2,1H3,(H,27,28,29,31). The fraction of sp³-hybridized carbons (Fsp3) is 0.320. The van der Waals surface area contributed by atoms with Gasteiger partial charge in [-0.25, -0.2) is 9.97 Å². The molecule has 1 saturated heterocycles. The Bertz CT molecular complexity index is 1130. The molecule has 1 aromatic heterocycles. The minimum atomic E-state index is -0.0550. The number of nitrogens with one attached hydrogen (secondary N) is 1. The lowest BCUT2D eigenvalue weighted by Gasteiger charge is -2.42. The van der Waals surface area contributed by atoms with Crippen LogP contribution in [0.4, 0.5) is 11.6 Å². The first kappa shape index (κ1) is 19.7. The zero-order valence-electron chi connectivity index (χ0n) is 17.8. The first-order valence-corrected chi connectivity index (χ1v) is 10.8. The Labute approximate surface area is 182 Å². The van der Waals surface area contributed by atoms with E-state index >= 15 is 0 Å². The van der Waals surface area contributed by atoms with Crippen LogP contribution in [0.5, 0.6) is 0 Å². The molecule has 0 spiro atoms. The molecule has 31 heavy (non-hydrogen) atoms. The summed E-state index contributed by atoms with van der Waals surface area (Å²) in [5.74, 6) is 1.51. The van der Waals surface area contributed by atoms with Crippen LogP contribution in [-0.4, -0.2) is 35.5 Å². The van der Waals surface area contributed by atoms with Crippen molar-refractivity contribution in [1.82, 2.24) is 9.97 Å². The number of hydrogen-bond acceptors (Lipinski definition) is 5. The summed E-state index contributed by atoms with van der Waals surface area (Å²) in [4.78, 5) is 22.8. The molecule has 2 aliphatic heterocycles. The quantitative estimate of drug-likeness (QED) is 0.684. The molecule has 0 atom stereocenters. The number of nitrogens with zero attached hydrogens (tertiary/aromatic N) is 3. The van der Waals surface area contributed by atoms with Gasteiger partial charge in [0.15, 0.2) is 0 Å². The third kappa shape index (κ3) is 3.57. The van der Waals surface area contributed by atoms with E-state index in [9.17, 15) is 4.79 Å². The summed E-state index contributed by atoms with van der Waals surface area (Å²) in [5, 5.41) is 2.82. The predicted octanol–water partition coefficient (Wildman–Crippen LogP) is 3.44. The molecule has 3 N–H and O–H groups in total. The summed E-state index contributed by atoms with van der Waals surface area (Å²) in [6, 6.07) is 17.5. The summed E-state index contributed by atoms with van der Waals surface area (Å²) < 4.78 is 0. The molecule has 0 saturated carbocycles. The Hall–Kier alpha value is -3.25. The molecule has 6 nitrogen and oxygen atoms in total. The third-order valence-electron chi connectivity index (χ3n) is 6.75. The topological polar surface area (TPSA) is 84.1 Å². The van der Waals surface area contributed by atoms with E-state index in [1.165, 1.54) is 28.6 Å². The number of fused-ring (bicyclic) bond motifs is 1. The van der Waals surface area contributed by atoms with Crippen LogP contribution in [0.15, 0.2) is 54.9 Å². The molecule has 3 heterocycles. The van der Waals surface area contributed by atoms with Gasteiger partial charge in [0.1, 0.15) is 18.0 Å². The number of aromatic nitrogens is 2. The Kier molecular flexibility index (Phi) is 4.94. The Morgan fingerprint density at radius 1 is 1.06 bits per heavy atom. The van der Waals surface area contributed by atoms with E-state index in [4.69, 9.17) is 5.73 Å². The van der Waals surface area contributed by atoms with Crippen LogP contribution >= 0.6 is 0 Å². The van der Waals surface area contributed by atoms with E-state index in [2.05, 4.69) is 75.6 Å². The van der Waals surface area contributed by atoms with Crippen molar-refractivity contribution < 1.29 is 4.79 Å². The third-order valence-corrected chi connectivity index (χ3v) is 6.75. The van der Waals surface area contributed by atoms with Crippen molar-refractivity contribution in [2.45, 2.75) is 31.6 Å². The molecular weight excluding hydrogens is 386 g/mol. The molecular formula is C25H27N5O. The van der Waals surface area contributed by atoms with Gasteiger partial charge in [0.25, 0.3) is 0 Å². The number of aryl methyl sites for hydroxylation is 1. The number of amides is 1. The Morgan fingerprint density at radius 2 is 1.81 bits per heavy atom. The van der Waals surface area contributed by atoms with E-state index < -0.39 is 0 Å². The van der Waals surface area contributed by atoms with Crippen molar-refractivity contribution in [3.05, 3.63) is 71.5 Å². The Balaban J connectivity index is 1.40. The lowest BCUT2D eigenvalue weighted by atomic mass is 9.72. The van der Waals surface area contributed by atoms with Crippen molar-refractivity contribution in [2.24, 2.45) is 5.73 Å². The summed E-state index contributed by atoms with van der Waals surface area (Å²) in [5.41, 5.74) is 12.3. The summed E-state index contributed by atoms with van der Waals surface area (Å²) in [6.45, 7) is 4.44. The normalized spacial score (nSPS) is 17.4. The molecule has 5 rings (SSSR count). The highest BCUT2D eigenvalue weighted by Crippen LogP contribution is 2.39. The minimum Gasteiger partial charge on any atom is -0.356 e. The molecule has 1 fully saturated rings. The number of nitrogens with two attached hydrogens (primary N) is 1. The smallest absolute Gasteiger partial charge is 0.230 e. The van der Waals surface area contributed by atoms with Crippen molar-refractivity contribution in [2.75, 3.05) is 29.9 Å². The van der Waals surface area contributed by atoms with E-state index in [0.29, 0.717) is 18.8 Å². The number of piperidine rings is 1. The highest BCUT2D eigenvalue weighted by molar-refractivity contribution is 5.99. The van der Waals surface area contributed by atoms with Crippen LogP contribution in [0, 0.1) is 6.92 Å². The number of carbonyl (C=O) groups is 1. The second-order valence-corrected chi connectivity index (χ2v) is 8.67. The molecule has 6 heteroatoms. The number of hydrogen-bond donors (Lipinski definition) is 2. The fourth-order valence-corrected chi connectivity index (χ4v) is 4.89. The lowest BCUT2D eigenvalue weighted by Crippen LogP contribution is -2.47. The molecule has 3 aromatic rings. The van der Waals surface area contributed by atoms with Crippen LogP contribution < -0.4 is 16.0 Å². The molecule has 158 valence electrons. The van der Waals surface area contributed by atoms with E-state index in [-0.39, 0.29) is 11.3 Å². The SMILES string of the molecule is Cc1cccc(-c2cccc(C3(CN)CCN(c4ncnc5c4CC(=O)N5)CC3)c2)c1. The van der Waals surface area contributed by atoms with Crippen LogP contribution in [0.1, 0.15) is 29.5 Å². The van der Waals surface area contributed by atoms with Crippen molar-refractivity contribution in [3.63, 3.8) is 0 Å². The Morgan fingerprint density at radius 3 is 2.55 bits per heavy atom. The summed E-state index contributed by atoms with van der Waals surface area (Å²) in [7, 11) is 0. The zero-order valence-corrected chi connectivity index (χ0v) is 17.8. The summed E-state index contributed by atoms with van der Waals surface area (Å²) >= 11 is 0. The van der Waals surface area contributed by atoms with Gasteiger partial charge in [-0.15, -0.1) is 0 Å². The average molecular weight is 414 g/mol. The molecule has 0 bridgehead atoms. The van der Waals surface area contributed by atoms with Gasteiger partial charge >= 0.3 is 0 Å². The van der Waals surface area contributed by atoms with Crippen LogP contribution in [-0.2, 0) is 16.6 Å². The first-order chi connectivity index (χ1) is 15.1. The molecule has 1 amide bonds. The van der Waals surface area contributed by atoms with Crippen LogP contribution in [0.2, 0.25) is 0 Å². The molecule has 2 aromatic carbocycles. The molecule has 0 aliphatic carbocycles. The second kappa shape index (κ2) is 7.78. The number of rotatable bonds is 4. The van der Waals surface area contributed by atoms with Gasteiger partial charge in [-0.1, -0.05) is 54.1 Å².